The third-order valence-corrected chi connectivity index (χ3v) is 4.40. The van der Waals surface area contributed by atoms with Crippen LogP contribution in [0.2, 0.25) is 0 Å². The van der Waals surface area contributed by atoms with Crippen molar-refractivity contribution in [2.75, 3.05) is 6.54 Å². The highest BCUT2D eigenvalue weighted by atomic mass is 79.9. The van der Waals surface area contributed by atoms with Crippen molar-refractivity contribution in [3.63, 3.8) is 0 Å². The fourth-order valence-corrected chi connectivity index (χ4v) is 2.97. The molecule has 0 spiro atoms. The Hall–Kier alpha value is -1.07. The van der Waals surface area contributed by atoms with E-state index < -0.39 is 11.5 Å². The third-order valence-electron chi connectivity index (χ3n) is 3.90. The SMILES string of the molecule is CC1(C(=O)O)CCCCN1Cc1cc(Br)ccc1O. The molecule has 0 bridgehead atoms. The van der Waals surface area contributed by atoms with Crippen LogP contribution in [0.4, 0.5) is 0 Å². The van der Waals surface area contributed by atoms with Crippen LogP contribution in [0.1, 0.15) is 31.7 Å². The van der Waals surface area contributed by atoms with Crippen molar-refractivity contribution in [3.8, 4) is 5.75 Å². The Morgan fingerprint density at radius 2 is 2.21 bits per heavy atom. The van der Waals surface area contributed by atoms with E-state index in [0.717, 1.165) is 29.4 Å². The molecule has 1 aromatic carbocycles. The van der Waals surface area contributed by atoms with E-state index in [4.69, 9.17) is 0 Å². The van der Waals surface area contributed by atoms with Gasteiger partial charge in [0.25, 0.3) is 0 Å². The van der Waals surface area contributed by atoms with Gasteiger partial charge in [0.15, 0.2) is 0 Å². The number of hydrogen-bond acceptors (Lipinski definition) is 3. The molecule has 0 aliphatic carbocycles. The maximum atomic E-state index is 11.5. The first-order valence-corrected chi connectivity index (χ1v) is 7.18. The van der Waals surface area contributed by atoms with Gasteiger partial charge in [-0.2, -0.15) is 0 Å². The second kappa shape index (κ2) is 5.51. The van der Waals surface area contributed by atoms with Gasteiger partial charge in [0.2, 0.25) is 0 Å². The molecular weight excluding hydrogens is 310 g/mol. The molecule has 2 rings (SSSR count). The molecule has 5 heteroatoms. The van der Waals surface area contributed by atoms with Crippen molar-refractivity contribution in [2.24, 2.45) is 0 Å². The van der Waals surface area contributed by atoms with E-state index in [0.29, 0.717) is 13.0 Å². The van der Waals surface area contributed by atoms with Crippen LogP contribution in [0.3, 0.4) is 0 Å². The number of nitrogens with zero attached hydrogens (tertiary/aromatic N) is 1. The third kappa shape index (κ3) is 2.92. The summed E-state index contributed by atoms with van der Waals surface area (Å²) >= 11 is 3.37. The molecule has 1 saturated heterocycles. The van der Waals surface area contributed by atoms with Gasteiger partial charge in [0, 0.05) is 16.6 Å². The zero-order chi connectivity index (χ0) is 14.0. The average Bonchev–Trinajstić information content (AvgIpc) is 2.36. The summed E-state index contributed by atoms with van der Waals surface area (Å²) < 4.78 is 0.884. The summed E-state index contributed by atoms with van der Waals surface area (Å²) in [7, 11) is 0. The van der Waals surface area contributed by atoms with E-state index in [9.17, 15) is 15.0 Å². The van der Waals surface area contributed by atoms with E-state index in [2.05, 4.69) is 15.9 Å². The van der Waals surface area contributed by atoms with Crippen LogP contribution in [-0.2, 0) is 11.3 Å². The topological polar surface area (TPSA) is 60.8 Å². The summed E-state index contributed by atoms with van der Waals surface area (Å²) in [5, 5.41) is 19.3. The minimum atomic E-state index is -0.840. The fraction of sp³-hybridized carbons (Fsp3) is 0.500. The highest BCUT2D eigenvalue weighted by molar-refractivity contribution is 9.10. The van der Waals surface area contributed by atoms with Crippen molar-refractivity contribution in [2.45, 2.75) is 38.3 Å². The monoisotopic (exact) mass is 327 g/mol. The Balaban J connectivity index is 2.25. The summed E-state index contributed by atoms with van der Waals surface area (Å²) in [5.74, 6) is -0.580. The Kier molecular flexibility index (Phi) is 4.16. The molecule has 1 atom stereocenters. The molecule has 0 aromatic heterocycles. The first-order valence-electron chi connectivity index (χ1n) is 6.39. The van der Waals surface area contributed by atoms with Crippen LogP contribution in [-0.4, -0.2) is 33.2 Å². The zero-order valence-electron chi connectivity index (χ0n) is 10.9. The minimum absolute atomic E-state index is 0.210. The van der Waals surface area contributed by atoms with E-state index in [1.165, 1.54) is 0 Å². The minimum Gasteiger partial charge on any atom is -0.508 e. The fourth-order valence-electron chi connectivity index (χ4n) is 2.56. The van der Waals surface area contributed by atoms with Gasteiger partial charge in [0.05, 0.1) is 0 Å². The number of rotatable bonds is 3. The zero-order valence-corrected chi connectivity index (χ0v) is 12.5. The van der Waals surface area contributed by atoms with Gasteiger partial charge in [-0.1, -0.05) is 15.9 Å². The van der Waals surface area contributed by atoms with Gasteiger partial charge < -0.3 is 10.2 Å². The van der Waals surface area contributed by atoms with Crippen LogP contribution in [0.5, 0.6) is 5.75 Å². The summed E-state index contributed by atoms with van der Waals surface area (Å²) in [4.78, 5) is 13.5. The lowest BCUT2D eigenvalue weighted by molar-refractivity contribution is -0.153. The first kappa shape index (κ1) is 14.3. The number of carboxylic acid groups (broad SMARTS) is 1. The lowest BCUT2D eigenvalue weighted by Gasteiger charge is -2.41. The molecule has 2 N–H and O–H groups in total. The number of phenolic OH excluding ortho intramolecular Hbond substituents is 1. The predicted molar refractivity (Wildman–Crippen MR) is 76.1 cm³/mol. The van der Waals surface area contributed by atoms with Crippen molar-refractivity contribution in [1.82, 2.24) is 4.90 Å². The summed E-state index contributed by atoms with van der Waals surface area (Å²) in [6.07, 6.45) is 2.58. The molecule has 4 nitrogen and oxygen atoms in total. The number of hydrogen-bond donors (Lipinski definition) is 2. The number of aliphatic carboxylic acids is 1. The van der Waals surface area contributed by atoms with E-state index in [-0.39, 0.29) is 5.75 Å². The molecule has 0 amide bonds. The number of likely N-dealkylation sites (tertiary alicyclic amines) is 1. The molecule has 1 aliphatic heterocycles. The average molecular weight is 328 g/mol. The molecule has 19 heavy (non-hydrogen) atoms. The highest BCUT2D eigenvalue weighted by Crippen LogP contribution is 2.32. The normalized spacial score (nSPS) is 24.3. The smallest absolute Gasteiger partial charge is 0.323 e. The van der Waals surface area contributed by atoms with Gasteiger partial charge in [-0.25, -0.2) is 0 Å². The van der Waals surface area contributed by atoms with Crippen LogP contribution >= 0.6 is 15.9 Å². The summed E-state index contributed by atoms with van der Waals surface area (Å²) in [6.45, 7) is 2.96. The number of benzene rings is 1. The molecule has 1 heterocycles. The van der Waals surface area contributed by atoms with E-state index in [1.807, 2.05) is 11.0 Å². The van der Waals surface area contributed by atoms with Crippen molar-refractivity contribution < 1.29 is 15.0 Å². The summed E-state index contributed by atoms with van der Waals surface area (Å²) in [5.41, 5.74) is -0.0868. The first-order chi connectivity index (χ1) is 8.93. The number of carbonyl (C=O) groups is 1. The second-order valence-corrected chi connectivity index (χ2v) is 6.15. The second-order valence-electron chi connectivity index (χ2n) is 5.23. The van der Waals surface area contributed by atoms with Crippen LogP contribution < -0.4 is 0 Å². The number of halogens is 1. The van der Waals surface area contributed by atoms with Crippen LogP contribution in [0, 0.1) is 0 Å². The molecule has 104 valence electrons. The molecule has 1 fully saturated rings. The van der Waals surface area contributed by atoms with E-state index in [1.54, 1.807) is 19.1 Å². The molecule has 1 unspecified atom stereocenters. The van der Waals surface area contributed by atoms with Crippen molar-refractivity contribution >= 4 is 21.9 Å². The Morgan fingerprint density at radius 1 is 1.47 bits per heavy atom. The predicted octanol–water partition coefficient (Wildman–Crippen LogP) is 2.98. The lowest BCUT2D eigenvalue weighted by atomic mass is 9.88. The van der Waals surface area contributed by atoms with Gasteiger partial charge in [-0.3, -0.25) is 9.69 Å². The molecule has 1 aliphatic rings. The van der Waals surface area contributed by atoms with Gasteiger partial charge in [0.1, 0.15) is 11.3 Å². The number of piperidine rings is 1. The largest absolute Gasteiger partial charge is 0.508 e. The number of phenols is 1. The Bertz CT molecular complexity index is 492. The Morgan fingerprint density at radius 3 is 2.89 bits per heavy atom. The maximum Gasteiger partial charge on any atom is 0.323 e. The number of aromatic hydroxyl groups is 1. The van der Waals surface area contributed by atoms with E-state index >= 15 is 0 Å². The highest BCUT2D eigenvalue weighted by Gasteiger charge is 2.41. The maximum absolute atomic E-state index is 11.5. The molecular formula is C14H18BrNO3. The van der Waals surface area contributed by atoms with Crippen LogP contribution in [0.15, 0.2) is 22.7 Å². The van der Waals surface area contributed by atoms with Crippen molar-refractivity contribution in [3.05, 3.63) is 28.2 Å². The van der Waals surface area contributed by atoms with Gasteiger partial charge in [-0.05, 0) is 50.9 Å². The quantitative estimate of drug-likeness (QED) is 0.895. The Labute approximate surface area is 121 Å². The standard InChI is InChI=1S/C14H18BrNO3/c1-14(13(18)19)6-2-3-7-16(14)9-10-8-11(15)4-5-12(10)17/h4-5,8,17H,2-3,6-7,9H2,1H3,(H,18,19). The van der Waals surface area contributed by atoms with Gasteiger partial charge in [-0.15, -0.1) is 0 Å². The summed E-state index contributed by atoms with van der Waals surface area (Å²) in [6, 6.07) is 5.24. The lowest BCUT2D eigenvalue weighted by Crippen LogP contribution is -2.54. The van der Waals surface area contributed by atoms with Crippen molar-refractivity contribution in [1.29, 1.82) is 0 Å². The molecule has 1 aromatic rings. The molecule has 0 radical (unpaired) electrons. The molecule has 0 saturated carbocycles. The number of carboxylic acids is 1. The van der Waals surface area contributed by atoms with Gasteiger partial charge >= 0.3 is 5.97 Å². The van der Waals surface area contributed by atoms with Crippen LogP contribution in [0.25, 0.3) is 0 Å².